The molecule has 0 spiro atoms. The number of ether oxygens (including phenoxy) is 1. The van der Waals surface area contributed by atoms with Gasteiger partial charge in [-0.2, -0.15) is 5.26 Å². The standard InChI is InChI=1S/C25H31N5O2S/c1-25(2)14-19-20(15-26)24(29-23(21(19)16-32-25)30-12-10-27-11-13-30)33-17-22(31)28-9-8-18-6-4-3-5-7-18/h3-7,27H,8-14,16-17H2,1-2H3,(H,28,31). The summed E-state index contributed by atoms with van der Waals surface area (Å²) in [4.78, 5) is 19.7. The van der Waals surface area contributed by atoms with Gasteiger partial charge in [-0.1, -0.05) is 42.1 Å². The second-order valence-corrected chi connectivity index (χ2v) is 9.98. The Bertz CT molecular complexity index is 1030. The number of nitrogens with one attached hydrogen (secondary N) is 2. The Morgan fingerprint density at radius 1 is 1.27 bits per heavy atom. The van der Waals surface area contributed by atoms with Crippen molar-refractivity contribution in [2.75, 3.05) is 43.4 Å². The summed E-state index contributed by atoms with van der Waals surface area (Å²) in [7, 11) is 0. The van der Waals surface area contributed by atoms with E-state index in [1.54, 1.807) is 0 Å². The van der Waals surface area contributed by atoms with Gasteiger partial charge in [0.2, 0.25) is 5.91 Å². The Labute approximate surface area is 199 Å². The van der Waals surface area contributed by atoms with Crippen molar-refractivity contribution in [3.8, 4) is 6.07 Å². The minimum atomic E-state index is -0.336. The van der Waals surface area contributed by atoms with Gasteiger partial charge in [-0.05, 0) is 31.4 Å². The predicted octanol–water partition coefficient (Wildman–Crippen LogP) is 2.67. The summed E-state index contributed by atoms with van der Waals surface area (Å²) in [6.45, 7) is 8.66. The molecule has 2 aromatic rings. The monoisotopic (exact) mass is 465 g/mol. The zero-order chi connectivity index (χ0) is 23.3. The molecule has 2 N–H and O–H groups in total. The van der Waals surface area contributed by atoms with E-state index in [0.717, 1.165) is 49.5 Å². The number of hydrogen-bond acceptors (Lipinski definition) is 7. The number of amides is 1. The van der Waals surface area contributed by atoms with Crippen LogP contribution in [0.4, 0.5) is 5.82 Å². The summed E-state index contributed by atoms with van der Waals surface area (Å²) in [5.41, 5.74) is 3.48. The van der Waals surface area contributed by atoms with Crippen molar-refractivity contribution in [2.24, 2.45) is 0 Å². The first-order chi connectivity index (χ1) is 16.0. The lowest BCUT2D eigenvalue weighted by Crippen LogP contribution is -2.45. The van der Waals surface area contributed by atoms with E-state index in [4.69, 9.17) is 9.72 Å². The van der Waals surface area contributed by atoms with Crippen LogP contribution in [0.3, 0.4) is 0 Å². The van der Waals surface area contributed by atoms with Gasteiger partial charge in [0.05, 0.1) is 23.5 Å². The van der Waals surface area contributed by atoms with E-state index in [1.807, 2.05) is 18.2 Å². The average molecular weight is 466 g/mol. The zero-order valence-corrected chi connectivity index (χ0v) is 20.1. The maximum atomic E-state index is 12.5. The Morgan fingerprint density at radius 2 is 2.03 bits per heavy atom. The number of aromatic nitrogens is 1. The molecule has 0 saturated carbocycles. The fourth-order valence-electron chi connectivity index (χ4n) is 4.26. The molecule has 1 saturated heterocycles. The van der Waals surface area contributed by atoms with E-state index >= 15 is 0 Å². The highest BCUT2D eigenvalue weighted by Gasteiger charge is 2.33. The maximum absolute atomic E-state index is 12.5. The number of pyridine rings is 1. The van der Waals surface area contributed by atoms with E-state index in [2.05, 4.69) is 47.6 Å². The van der Waals surface area contributed by atoms with Crippen LogP contribution in [-0.2, 0) is 29.0 Å². The lowest BCUT2D eigenvalue weighted by molar-refractivity contribution is -0.118. The molecule has 7 nitrogen and oxygen atoms in total. The van der Waals surface area contributed by atoms with Crippen LogP contribution in [0.25, 0.3) is 0 Å². The van der Waals surface area contributed by atoms with Gasteiger partial charge in [0, 0.05) is 44.7 Å². The number of nitriles is 1. The first-order valence-corrected chi connectivity index (χ1v) is 12.4. The van der Waals surface area contributed by atoms with Crippen LogP contribution in [-0.4, -0.2) is 55.0 Å². The molecule has 1 aromatic carbocycles. The van der Waals surface area contributed by atoms with Gasteiger partial charge in [0.25, 0.3) is 0 Å². The normalized spacial score (nSPS) is 17.2. The van der Waals surface area contributed by atoms with Crippen LogP contribution < -0.4 is 15.5 Å². The van der Waals surface area contributed by atoms with Crippen LogP contribution >= 0.6 is 11.8 Å². The van der Waals surface area contributed by atoms with Crippen LogP contribution in [0.2, 0.25) is 0 Å². The molecule has 33 heavy (non-hydrogen) atoms. The fourth-order valence-corrected chi connectivity index (χ4v) is 5.09. The molecule has 0 atom stereocenters. The number of carbonyl (C=O) groups is 1. The molecule has 1 aromatic heterocycles. The van der Waals surface area contributed by atoms with E-state index in [-0.39, 0.29) is 17.3 Å². The highest BCUT2D eigenvalue weighted by atomic mass is 32.2. The summed E-state index contributed by atoms with van der Waals surface area (Å²) < 4.78 is 6.08. The van der Waals surface area contributed by atoms with Gasteiger partial charge in [-0.15, -0.1) is 0 Å². The Kier molecular flexibility index (Phi) is 7.53. The summed E-state index contributed by atoms with van der Waals surface area (Å²) in [5, 5.41) is 17.0. The number of thioether (sulfide) groups is 1. The van der Waals surface area contributed by atoms with Gasteiger partial charge in [0.15, 0.2) is 0 Å². The highest BCUT2D eigenvalue weighted by Crippen LogP contribution is 2.38. The van der Waals surface area contributed by atoms with E-state index in [9.17, 15) is 10.1 Å². The first-order valence-electron chi connectivity index (χ1n) is 11.5. The van der Waals surface area contributed by atoms with E-state index in [0.29, 0.717) is 30.2 Å². The third-order valence-electron chi connectivity index (χ3n) is 6.01. The molecule has 1 fully saturated rings. The number of carbonyl (C=O) groups excluding carboxylic acids is 1. The van der Waals surface area contributed by atoms with E-state index < -0.39 is 0 Å². The molecule has 4 rings (SSSR count). The molecule has 0 bridgehead atoms. The summed E-state index contributed by atoms with van der Waals surface area (Å²) in [6, 6.07) is 12.5. The second-order valence-electron chi connectivity index (χ2n) is 9.02. The number of nitrogens with zero attached hydrogens (tertiary/aromatic N) is 3. The molecule has 0 unspecified atom stereocenters. The van der Waals surface area contributed by atoms with Gasteiger partial charge in [-0.25, -0.2) is 4.98 Å². The van der Waals surface area contributed by atoms with Crippen molar-refractivity contribution in [3.63, 3.8) is 0 Å². The fraction of sp³-hybridized carbons (Fsp3) is 0.480. The van der Waals surface area contributed by atoms with Crippen LogP contribution in [0.1, 0.15) is 36.1 Å². The van der Waals surface area contributed by atoms with E-state index in [1.165, 1.54) is 17.3 Å². The van der Waals surface area contributed by atoms with Crippen molar-refractivity contribution in [2.45, 2.75) is 43.9 Å². The third kappa shape index (κ3) is 5.85. The van der Waals surface area contributed by atoms with Gasteiger partial charge in [-0.3, -0.25) is 4.79 Å². The van der Waals surface area contributed by atoms with Crippen LogP contribution in [0, 0.1) is 11.3 Å². The number of fused-ring (bicyclic) bond motifs is 1. The minimum Gasteiger partial charge on any atom is -0.370 e. The SMILES string of the molecule is CC1(C)Cc2c(C#N)c(SCC(=O)NCCc3ccccc3)nc(N3CCNCC3)c2CO1. The van der Waals surface area contributed by atoms with Gasteiger partial charge in [0.1, 0.15) is 16.9 Å². The molecule has 1 amide bonds. The van der Waals surface area contributed by atoms with Crippen LogP contribution in [0.5, 0.6) is 0 Å². The Hall–Kier alpha value is -2.60. The highest BCUT2D eigenvalue weighted by molar-refractivity contribution is 8.00. The number of piperazine rings is 1. The molecular formula is C25H31N5O2S. The Morgan fingerprint density at radius 3 is 2.76 bits per heavy atom. The predicted molar refractivity (Wildman–Crippen MR) is 130 cm³/mol. The summed E-state index contributed by atoms with van der Waals surface area (Å²) in [6.07, 6.45) is 1.45. The minimum absolute atomic E-state index is 0.0493. The number of hydrogen-bond donors (Lipinski definition) is 2. The second kappa shape index (κ2) is 10.6. The molecule has 3 heterocycles. The molecule has 0 aliphatic carbocycles. The lowest BCUT2D eigenvalue weighted by atomic mass is 9.89. The molecule has 2 aliphatic rings. The number of benzene rings is 1. The number of anilines is 1. The van der Waals surface area contributed by atoms with Crippen LogP contribution in [0.15, 0.2) is 35.4 Å². The average Bonchev–Trinajstić information content (AvgIpc) is 2.82. The molecule has 0 radical (unpaired) electrons. The van der Waals surface area contributed by atoms with Crippen molar-refractivity contribution in [1.29, 1.82) is 5.26 Å². The quantitative estimate of drug-likeness (QED) is 0.608. The summed E-state index contributed by atoms with van der Waals surface area (Å²) in [5.74, 6) is 1.08. The first kappa shape index (κ1) is 23.6. The van der Waals surface area contributed by atoms with Crippen molar-refractivity contribution >= 4 is 23.5 Å². The molecule has 2 aliphatic heterocycles. The topological polar surface area (TPSA) is 90.3 Å². The Balaban J connectivity index is 1.50. The third-order valence-corrected chi connectivity index (χ3v) is 6.99. The van der Waals surface area contributed by atoms with Gasteiger partial charge >= 0.3 is 0 Å². The lowest BCUT2D eigenvalue weighted by Gasteiger charge is -2.37. The van der Waals surface area contributed by atoms with Crippen molar-refractivity contribution in [3.05, 3.63) is 52.6 Å². The maximum Gasteiger partial charge on any atom is 0.230 e. The van der Waals surface area contributed by atoms with Gasteiger partial charge < -0.3 is 20.3 Å². The number of rotatable bonds is 7. The molecular weight excluding hydrogens is 434 g/mol. The largest absolute Gasteiger partial charge is 0.370 e. The van der Waals surface area contributed by atoms with Crippen molar-refractivity contribution in [1.82, 2.24) is 15.6 Å². The zero-order valence-electron chi connectivity index (χ0n) is 19.3. The smallest absolute Gasteiger partial charge is 0.230 e. The molecule has 174 valence electrons. The summed E-state index contributed by atoms with van der Waals surface area (Å²) >= 11 is 1.35. The molecule has 8 heteroatoms. The van der Waals surface area contributed by atoms with Crippen molar-refractivity contribution < 1.29 is 9.53 Å².